The van der Waals surface area contributed by atoms with E-state index in [1.54, 1.807) is 11.0 Å². The lowest BCUT2D eigenvalue weighted by Crippen LogP contribution is -2.30. The molecule has 1 N–H and O–H groups in total. The number of carboxylic acids is 1. The zero-order valence-electron chi connectivity index (χ0n) is 10.4. The van der Waals surface area contributed by atoms with Crippen LogP contribution in [0.15, 0.2) is 16.7 Å². The van der Waals surface area contributed by atoms with Crippen LogP contribution in [0.1, 0.15) is 42.3 Å². The lowest BCUT2D eigenvalue weighted by atomic mass is 10.0. The maximum absolute atomic E-state index is 11.9. The molecule has 0 aliphatic carbocycles. The van der Waals surface area contributed by atoms with Crippen LogP contribution >= 0.6 is 0 Å². The average Bonchev–Trinajstić information content (AvgIpc) is 2.73. The second-order valence-electron chi connectivity index (χ2n) is 4.83. The van der Waals surface area contributed by atoms with E-state index in [2.05, 4.69) is 6.92 Å². The molecule has 1 aromatic heterocycles. The molecular weight excluding hydrogens is 234 g/mol. The van der Waals surface area contributed by atoms with Gasteiger partial charge in [0.1, 0.15) is 0 Å². The molecule has 18 heavy (non-hydrogen) atoms. The highest BCUT2D eigenvalue weighted by molar-refractivity contribution is 5.86. The number of likely N-dealkylation sites (tertiary alicyclic amines) is 1. The van der Waals surface area contributed by atoms with Gasteiger partial charge in [-0.2, -0.15) is 0 Å². The number of hydrogen-bond donors (Lipinski definition) is 1. The van der Waals surface area contributed by atoms with Gasteiger partial charge in [0.05, 0.1) is 6.26 Å². The number of carbonyl (C=O) groups excluding carboxylic acids is 1. The number of furan rings is 1. The number of rotatable bonds is 3. The summed E-state index contributed by atoms with van der Waals surface area (Å²) in [5, 5.41) is 8.95. The van der Waals surface area contributed by atoms with Crippen molar-refractivity contribution in [3.05, 3.63) is 23.7 Å². The third-order valence-corrected chi connectivity index (χ3v) is 3.40. The fourth-order valence-electron chi connectivity index (χ4n) is 2.19. The van der Waals surface area contributed by atoms with Crippen LogP contribution in [0.3, 0.4) is 0 Å². The second kappa shape index (κ2) is 5.25. The highest BCUT2D eigenvalue weighted by Crippen LogP contribution is 2.21. The minimum Gasteiger partial charge on any atom is -0.475 e. The van der Waals surface area contributed by atoms with Gasteiger partial charge < -0.3 is 14.4 Å². The van der Waals surface area contributed by atoms with Crippen molar-refractivity contribution in [1.29, 1.82) is 0 Å². The van der Waals surface area contributed by atoms with Crippen LogP contribution in [0.2, 0.25) is 0 Å². The lowest BCUT2D eigenvalue weighted by molar-refractivity contribution is -0.131. The molecule has 1 atom stereocenters. The van der Waals surface area contributed by atoms with Gasteiger partial charge in [0.15, 0.2) is 0 Å². The monoisotopic (exact) mass is 251 g/mol. The molecule has 5 heteroatoms. The topological polar surface area (TPSA) is 70.8 Å². The Morgan fingerprint density at radius 2 is 2.33 bits per heavy atom. The molecule has 1 saturated heterocycles. The third kappa shape index (κ3) is 2.72. The van der Waals surface area contributed by atoms with Crippen LogP contribution in [-0.4, -0.2) is 28.4 Å². The SMILES string of the molecule is CC1CCC(=O)N(Cc2ccoc2C(=O)O)CC1. The molecule has 1 fully saturated rings. The molecule has 0 radical (unpaired) electrons. The summed E-state index contributed by atoms with van der Waals surface area (Å²) in [4.78, 5) is 24.6. The molecule has 0 spiro atoms. The van der Waals surface area contributed by atoms with Crippen molar-refractivity contribution in [3.8, 4) is 0 Å². The van der Waals surface area contributed by atoms with Crippen molar-refractivity contribution in [3.63, 3.8) is 0 Å². The van der Waals surface area contributed by atoms with E-state index in [0.717, 1.165) is 12.8 Å². The summed E-state index contributed by atoms with van der Waals surface area (Å²) in [6.45, 7) is 3.14. The predicted octanol–water partition coefficient (Wildman–Crippen LogP) is 2.13. The first kappa shape index (κ1) is 12.7. The number of carboxylic acid groups (broad SMARTS) is 1. The van der Waals surface area contributed by atoms with Crippen molar-refractivity contribution >= 4 is 11.9 Å². The highest BCUT2D eigenvalue weighted by Gasteiger charge is 2.23. The zero-order valence-corrected chi connectivity index (χ0v) is 10.4. The van der Waals surface area contributed by atoms with Crippen molar-refractivity contribution in [2.24, 2.45) is 5.92 Å². The number of carbonyl (C=O) groups is 2. The summed E-state index contributed by atoms with van der Waals surface area (Å²) in [5.41, 5.74) is 0.561. The Hall–Kier alpha value is -1.78. The van der Waals surface area contributed by atoms with Gasteiger partial charge in [-0.25, -0.2) is 4.79 Å². The molecule has 1 aromatic rings. The highest BCUT2D eigenvalue weighted by atomic mass is 16.4. The van der Waals surface area contributed by atoms with Gasteiger partial charge in [0, 0.05) is 25.1 Å². The second-order valence-corrected chi connectivity index (χ2v) is 4.83. The minimum absolute atomic E-state index is 0.0694. The molecule has 1 aliphatic rings. The Bertz CT molecular complexity index is 452. The van der Waals surface area contributed by atoms with Crippen LogP contribution in [0.5, 0.6) is 0 Å². The van der Waals surface area contributed by atoms with Gasteiger partial charge in [-0.3, -0.25) is 4.79 Å². The average molecular weight is 251 g/mol. The van der Waals surface area contributed by atoms with Crippen LogP contribution in [-0.2, 0) is 11.3 Å². The van der Waals surface area contributed by atoms with E-state index in [1.165, 1.54) is 6.26 Å². The zero-order chi connectivity index (χ0) is 13.1. The van der Waals surface area contributed by atoms with Gasteiger partial charge >= 0.3 is 5.97 Å². The van der Waals surface area contributed by atoms with Gasteiger partial charge in [0.2, 0.25) is 11.7 Å². The predicted molar refractivity (Wildman–Crippen MR) is 64.1 cm³/mol. The Kier molecular flexibility index (Phi) is 3.69. The first-order valence-corrected chi connectivity index (χ1v) is 6.15. The van der Waals surface area contributed by atoms with E-state index in [0.29, 0.717) is 31.0 Å². The van der Waals surface area contributed by atoms with Crippen molar-refractivity contribution in [2.75, 3.05) is 6.54 Å². The summed E-state index contributed by atoms with van der Waals surface area (Å²) in [7, 11) is 0. The lowest BCUT2D eigenvalue weighted by Gasteiger charge is -2.20. The van der Waals surface area contributed by atoms with Crippen LogP contribution < -0.4 is 0 Å². The normalized spacial score (nSPS) is 20.8. The molecule has 98 valence electrons. The molecular formula is C13H17NO4. The third-order valence-electron chi connectivity index (χ3n) is 3.40. The summed E-state index contributed by atoms with van der Waals surface area (Å²) in [5.74, 6) is -0.523. The number of hydrogen-bond acceptors (Lipinski definition) is 3. The van der Waals surface area contributed by atoms with E-state index in [9.17, 15) is 9.59 Å². The van der Waals surface area contributed by atoms with E-state index < -0.39 is 5.97 Å². The maximum atomic E-state index is 11.9. The number of aromatic carboxylic acids is 1. The molecule has 2 heterocycles. The van der Waals surface area contributed by atoms with Gasteiger partial charge in [0.25, 0.3) is 0 Å². The van der Waals surface area contributed by atoms with E-state index in [4.69, 9.17) is 9.52 Å². The van der Waals surface area contributed by atoms with E-state index in [1.807, 2.05) is 0 Å². The van der Waals surface area contributed by atoms with Crippen molar-refractivity contribution in [1.82, 2.24) is 4.90 Å². The smallest absolute Gasteiger partial charge is 0.372 e. The largest absolute Gasteiger partial charge is 0.475 e. The van der Waals surface area contributed by atoms with Gasteiger partial charge in [-0.15, -0.1) is 0 Å². The molecule has 0 aromatic carbocycles. The Morgan fingerprint density at radius 1 is 1.56 bits per heavy atom. The molecule has 1 unspecified atom stereocenters. The van der Waals surface area contributed by atoms with Gasteiger partial charge in [-0.05, 0) is 24.8 Å². The molecule has 0 saturated carbocycles. The Balaban J connectivity index is 2.10. The molecule has 1 aliphatic heterocycles. The standard InChI is InChI=1S/C13H17NO4/c1-9-2-3-11(15)14(6-4-9)8-10-5-7-18-12(10)13(16)17/h5,7,9H,2-4,6,8H2,1H3,(H,16,17). The van der Waals surface area contributed by atoms with E-state index >= 15 is 0 Å². The van der Waals surface area contributed by atoms with Gasteiger partial charge in [-0.1, -0.05) is 6.92 Å². The summed E-state index contributed by atoms with van der Waals surface area (Å²) in [6, 6.07) is 1.62. The summed E-state index contributed by atoms with van der Waals surface area (Å²) < 4.78 is 4.92. The quantitative estimate of drug-likeness (QED) is 0.893. The van der Waals surface area contributed by atoms with Crippen molar-refractivity contribution in [2.45, 2.75) is 32.7 Å². The molecule has 1 amide bonds. The fourth-order valence-corrected chi connectivity index (χ4v) is 2.19. The van der Waals surface area contributed by atoms with Crippen LogP contribution in [0.25, 0.3) is 0 Å². The molecule has 0 bridgehead atoms. The minimum atomic E-state index is -1.09. The number of amides is 1. The maximum Gasteiger partial charge on any atom is 0.372 e. The summed E-state index contributed by atoms with van der Waals surface area (Å²) >= 11 is 0. The summed E-state index contributed by atoms with van der Waals surface area (Å²) in [6.07, 6.45) is 3.77. The first-order chi connectivity index (χ1) is 8.58. The van der Waals surface area contributed by atoms with Crippen molar-refractivity contribution < 1.29 is 19.1 Å². The van der Waals surface area contributed by atoms with E-state index in [-0.39, 0.29) is 11.7 Å². The number of nitrogens with zero attached hydrogens (tertiary/aromatic N) is 1. The fraction of sp³-hybridized carbons (Fsp3) is 0.538. The molecule has 5 nitrogen and oxygen atoms in total. The Morgan fingerprint density at radius 3 is 3.06 bits per heavy atom. The Labute approximate surface area is 105 Å². The first-order valence-electron chi connectivity index (χ1n) is 6.15. The van der Waals surface area contributed by atoms with Crippen LogP contribution in [0, 0.1) is 5.92 Å². The van der Waals surface area contributed by atoms with Crippen LogP contribution in [0.4, 0.5) is 0 Å². The molecule has 2 rings (SSSR count).